The Morgan fingerprint density at radius 1 is 1.36 bits per heavy atom. The first kappa shape index (κ1) is 9.59. The highest BCUT2D eigenvalue weighted by atomic mass is 19.1. The Balaban J connectivity index is 2.32. The van der Waals surface area contributed by atoms with Crippen molar-refractivity contribution in [2.24, 2.45) is 0 Å². The van der Waals surface area contributed by atoms with Crippen molar-refractivity contribution in [1.29, 1.82) is 0 Å². The number of hydrogen-bond acceptors (Lipinski definition) is 1. The van der Waals surface area contributed by atoms with Gasteiger partial charge in [0.25, 0.3) is 0 Å². The number of benzene rings is 1. The predicted octanol–water partition coefficient (Wildman–Crippen LogP) is 2.34. The van der Waals surface area contributed by atoms with Crippen molar-refractivity contribution in [3.63, 3.8) is 0 Å². The number of hydrogen-bond donors (Lipinski definition) is 1. The highest BCUT2D eigenvalue weighted by Crippen LogP contribution is 2.39. The van der Waals surface area contributed by atoms with Crippen LogP contribution in [0.4, 0.5) is 8.78 Å². The molecule has 0 saturated heterocycles. The molecule has 0 radical (unpaired) electrons. The molecule has 0 atom stereocenters. The minimum Gasteiger partial charge on any atom is -0.390 e. The normalized spacial score (nSPS) is 18.3. The SMILES string of the molecule is Cc1c(F)cc(F)cc1CC1(O)CC1. The summed E-state index contributed by atoms with van der Waals surface area (Å²) in [7, 11) is 0. The van der Waals surface area contributed by atoms with Crippen molar-refractivity contribution in [3.05, 3.63) is 34.9 Å². The molecule has 1 nitrogen and oxygen atoms in total. The highest BCUT2D eigenvalue weighted by molar-refractivity contribution is 5.30. The van der Waals surface area contributed by atoms with Gasteiger partial charge in [0.15, 0.2) is 0 Å². The van der Waals surface area contributed by atoms with E-state index in [4.69, 9.17) is 0 Å². The molecule has 0 amide bonds. The van der Waals surface area contributed by atoms with Gasteiger partial charge in [-0.25, -0.2) is 8.78 Å². The molecule has 0 aliphatic heterocycles. The highest BCUT2D eigenvalue weighted by Gasteiger charge is 2.40. The van der Waals surface area contributed by atoms with Crippen LogP contribution in [0.15, 0.2) is 12.1 Å². The second kappa shape index (κ2) is 3.02. The molecule has 1 saturated carbocycles. The third kappa shape index (κ3) is 1.77. The quantitative estimate of drug-likeness (QED) is 0.773. The van der Waals surface area contributed by atoms with Gasteiger partial charge in [-0.05, 0) is 37.0 Å². The van der Waals surface area contributed by atoms with Crippen LogP contribution in [0.5, 0.6) is 0 Å². The van der Waals surface area contributed by atoms with Gasteiger partial charge in [0, 0.05) is 12.5 Å². The Morgan fingerprint density at radius 2 is 2.00 bits per heavy atom. The fraction of sp³-hybridized carbons (Fsp3) is 0.455. The first-order valence-electron chi connectivity index (χ1n) is 4.67. The summed E-state index contributed by atoms with van der Waals surface area (Å²) >= 11 is 0. The van der Waals surface area contributed by atoms with Crippen LogP contribution in [0.1, 0.15) is 24.0 Å². The Hall–Kier alpha value is -0.960. The molecule has 0 aromatic heterocycles. The van der Waals surface area contributed by atoms with Gasteiger partial charge in [0.05, 0.1) is 5.60 Å². The molecule has 2 rings (SSSR count). The lowest BCUT2D eigenvalue weighted by Crippen LogP contribution is -2.12. The van der Waals surface area contributed by atoms with Crippen LogP contribution in [-0.2, 0) is 6.42 Å². The average Bonchev–Trinajstić information content (AvgIpc) is 2.79. The van der Waals surface area contributed by atoms with Crippen molar-refractivity contribution >= 4 is 0 Å². The molecule has 1 aliphatic carbocycles. The van der Waals surface area contributed by atoms with Gasteiger partial charge in [-0.1, -0.05) is 0 Å². The molecule has 1 aliphatic rings. The molecule has 1 aromatic rings. The first-order valence-corrected chi connectivity index (χ1v) is 4.67. The average molecular weight is 198 g/mol. The van der Waals surface area contributed by atoms with Gasteiger partial charge in [-0.3, -0.25) is 0 Å². The van der Waals surface area contributed by atoms with E-state index in [9.17, 15) is 13.9 Å². The second-order valence-electron chi connectivity index (χ2n) is 4.07. The monoisotopic (exact) mass is 198 g/mol. The van der Waals surface area contributed by atoms with Crippen molar-refractivity contribution in [3.8, 4) is 0 Å². The molecule has 1 fully saturated rings. The largest absolute Gasteiger partial charge is 0.390 e. The van der Waals surface area contributed by atoms with Crippen molar-refractivity contribution in [1.82, 2.24) is 0 Å². The number of halogens is 2. The zero-order valence-corrected chi connectivity index (χ0v) is 7.98. The number of aliphatic hydroxyl groups is 1. The van der Waals surface area contributed by atoms with Crippen LogP contribution in [-0.4, -0.2) is 10.7 Å². The van der Waals surface area contributed by atoms with Gasteiger partial charge < -0.3 is 5.11 Å². The minimum atomic E-state index is -0.703. The summed E-state index contributed by atoms with van der Waals surface area (Å²) in [6.07, 6.45) is 1.81. The summed E-state index contributed by atoms with van der Waals surface area (Å²) < 4.78 is 26.0. The van der Waals surface area contributed by atoms with E-state index in [1.54, 1.807) is 6.92 Å². The maximum absolute atomic E-state index is 13.1. The molecule has 0 heterocycles. The van der Waals surface area contributed by atoms with Crippen LogP contribution >= 0.6 is 0 Å². The lowest BCUT2D eigenvalue weighted by Gasteiger charge is -2.11. The van der Waals surface area contributed by atoms with Crippen LogP contribution in [0.25, 0.3) is 0 Å². The number of rotatable bonds is 2. The Kier molecular flexibility index (Phi) is 2.07. The van der Waals surface area contributed by atoms with Gasteiger partial charge in [0.1, 0.15) is 11.6 Å². The van der Waals surface area contributed by atoms with E-state index in [2.05, 4.69) is 0 Å². The molecule has 0 bridgehead atoms. The van der Waals surface area contributed by atoms with Crippen molar-refractivity contribution in [2.45, 2.75) is 31.8 Å². The summed E-state index contributed by atoms with van der Waals surface area (Å²) in [5, 5.41) is 9.64. The molecule has 1 N–H and O–H groups in total. The van der Waals surface area contributed by atoms with Gasteiger partial charge in [0.2, 0.25) is 0 Å². The topological polar surface area (TPSA) is 20.2 Å². The Labute approximate surface area is 81.4 Å². The Bertz CT molecular complexity index is 370. The Morgan fingerprint density at radius 3 is 2.57 bits per heavy atom. The van der Waals surface area contributed by atoms with Gasteiger partial charge in [-0.2, -0.15) is 0 Å². The lowest BCUT2D eigenvalue weighted by atomic mass is 10.0. The first-order chi connectivity index (χ1) is 6.50. The third-order valence-corrected chi connectivity index (χ3v) is 2.76. The van der Waals surface area contributed by atoms with Crippen LogP contribution in [0, 0.1) is 18.6 Å². The molecule has 76 valence electrons. The maximum Gasteiger partial charge on any atom is 0.129 e. The van der Waals surface area contributed by atoms with Gasteiger partial charge >= 0.3 is 0 Å². The lowest BCUT2D eigenvalue weighted by molar-refractivity contribution is 0.150. The molecular formula is C11H12F2O. The smallest absolute Gasteiger partial charge is 0.129 e. The molecular weight excluding hydrogens is 186 g/mol. The fourth-order valence-corrected chi connectivity index (χ4v) is 1.56. The van der Waals surface area contributed by atoms with Crippen molar-refractivity contribution < 1.29 is 13.9 Å². The van der Waals surface area contributed by atoms with Crippen LogP contribution in [0.2, 0.25) is 0 Å². The van der Waals surface area contributed by atoms with E-state index in [0.29, 0.717) is 17.5 Å². The summed E-state index contributed by atoms with van der Waals surface area (Å²) in [6.45, 7) is 1.61. The second-order valence-corrected chi connectivity index (χ2v) is 4.07. The molecule has 0 unspecified atom stereocenters. The van der Waals surface area contributed by atoms with E-state index in [-0.39, 0.29) is 0 Å². The summed E-state index contributed by atoms with van der Waals surface area (Å²) in [5.74, 6) is -1.11. The van der Waals surface area contributed by atoms with Crippen molar-refractivity contribution in [2.75, 3.05) is 0 Å². The molecule has 0 spiro atoms. The third-order valence-electron chi connectivity index (χ3n) is 2.76. The van der Waals surface area contributed by atoms with Gasteiger partial charge in [-0.15, -0.1) is 0 Å². The zero-order valence-electron chi connectivity index (χ0n) is 7.98. The molecule has 14 heavy (non-hydrogen) atoms. The minimum absolute atomic E-state index is 0.355. The van der Waals surface area contributed by atoms with Crippen LogP contribution < -0.4 is 0 Å². The molecule has 3 heteroatoms. The zero-order chi connectivity index (χ0) is 10.3. The fourth-order valence-electron chi connectivity index (χ4n) is 1.56. The molecule has 1 aromatic carbocycles. The van der Waals surface area contributed by atoms with E-state index >= 15 is 0 Å². The summed E-state index contributed by atoms with van der Waals surface area (Å²) in [6, 6.07) is 2.17. The van der Waals surface area contributed by atoms with E-state index in [1.807, 2.05) is 0 Å². The summed E-state index contributed by atoms with van der Waals surface area (Å²) in [4.78, 5) is 0. The maximum atomic E-state index is 13.1. The van der Waals surface area contributed by atoms with E-state index < -0.39 is 17.2 Å². The standard InChI is InChI=1S/C11H12F2O/c1-7-8(6-11(14)2-3-11)4-9(12)5-10(7)13/h4-5,14H,2-3,6H2,1H3. The predicted molar refractivity (Wildman–Crippen MR) is 49.0 cm³/mol. The van der Waals surface area contributed by atoms with E-state index in [0.717, 1.165) is 18.9 Å². The van der Waals surface area contributed by atoms with E-state index in [1.165, 1.54) is 6.07 Å². The summed E-state index contributed by atoms with van der Waals surface area (Å²) in [5.41, 5.74) is 0.305. The van der Waals surface area contributed by atoms with Crippen LogP contribution in [0.3, 0.4) is 0 Å².